The fraction of sp³-hybridized carbons (Fsp3) is 0.333. The lowest BCUT2D eigenvalue weighted by Crippen LogP contribution is -2.36. The smallest absolute Gasteiger partial charge is 0.244 e. The number of hydrogen-bond acceptors (Lipinski definition) is 4. The first-order valence-electron chi connectivity index (χ1n) is 6.43. The molecule has 0 saturated heterocycles. The number of aromatic nitrogens is 1. The van der Waals surface area contributed by atoms with Gasteiger partial charge in [-0.3, -0.25) is 4.79 Å². The van der Waals surface area contributed by atoms with Gasteiger partial charge in [0, 0.05) is 25.7 Å². The zero-order valence-corrected chi connectivity index (χ0v) is 12.2. The number of pyridine rings is 1. The van der Waals surface area contributed by atoms with Crippen molar-refractivity contribution in [3.8, 4) is 5.75 Å². The number of carbonyl (C=O) groups excluding carboxylic acids is 1. The van der Waals surface area contributed by atoms with E-state index in [1.165, 1.54) is 0 Å². The summed E-state index contributed by atoms with van der Waals surface area (Å²) in [6, 6.07) is 7.38. The first kappa shape index (κ1) is 14.1. The fourth-order valence-electron chi connectivity index (χ4n) is 2.04. The molecule has 0 fully saturated rings. The highest BCUT2D eigenvalue weighted by Gasteiger charge is 2.16. The monoisotopic (exact) mass is 273 g/mol. The van der Waals surface area contributed by atoms with Crippen LogP contribution < -0.4 is 10.1 Å². The molecule has 1 unspecified atom stereocenters. The Morgan fingerprint density at radius 1 is 1.35 bits per heavy atom. The standard InChI is InChI=1S/C15H19N3O2/c1-10(15(19)18(2)3)17-14-13-9-12(20-4)6-5-11(13)7-8-16-14/h5-10H,1-4H3,(H,16,17). The van der Waals surface area contributed by atoms with Crippen LogP contribution in [-0.2, 0) is 4.79 Å². The number of amides is 1. The maximum absolute atomic E-state index is 11.9. The quantitative estimate of drug-likeness (QED) is 0.927. The summed E-state index contributed by atoms with van der Waals surface area (Å²) < 4.78 is 5.24. The first-order chi connectivity index (χ1) is 9.52. The summed E-state index contributed by atoms with van der Waals surface area (Å²) in [5.74, 6) is 1.45. The number of rotatable bonds is 4. The molecule has 1 aromatic carbocycles. The summed E-state index contributed by atoms with van der Waals surface area (Å²) in [5, 5.41) is 5.14. The molecule has 5 nitrogen and oxygen atoms in total. The summed E-state index contributed by atoms with van der Waals surface area (Å²) in [5.41, 5.74) is 0. The number of methoxy groups -OCH3 is 1. The van der Waals surface area contributed by atoms with Crippen LogP contribution in [0.1, 0.15) is 6.92 Å². The number of ether oxygens (including phenoxy) is 1. The SMILES string of the molecule is COc1ccc2ccnc(NC(C)C(=O)N(C)C)c2c1. The maximum atomic E-state index is 11.9. The van der Waals surface area contributed by atoms with E-state index in [0.29, 0.717) is 5.82 Å². The van der Waals surface area contributed by atoms with Crippen molar-refractivity contribution in [1.82, 2.24) is 9.88 Å². The van der Waals surface area contributed by atoms with Gasteiger partial charge in [-0.05, 0) is 30.5 Å². The predicted octanol–water partition coefficient (Wildman–Crippen LogP) is 2.13. The van der Waals surface area contributed by atoms with Crippen LogP contribution in [0, 0.1) is 0 Å². The Hall–Kier alpha value is -2.30. The predicted molar refractivity (Wildman–Crippen MR) is 80.1 cm³/mol. The molecule has 1 N–H and O–H groups in total. The van der Waals surface area contributed by atoms with Gasteiger partial charge in [0.05, 0.1) is 7.11 Å². The lowest BCUT2D eigenvalue weighted by atomic mass is 10.1. The molecule has 0 radical (unpaired) electrons. The van der Waals surface area contributed by atoms with E-state index in [9.17, 15) is 4.79 Å². The number of nitrogens with zero attached hydrogens (tertiary/aromatic N) is 2. The highest BCUT2D eigenvalue weighted by atomic mass is 16.5. The molecule has 2 aromatic rings. The summed E-state index contributed by atoms with van der Waals surface area (Å²) in [6.07, 6.45) is 1.73. The first-order valence-corrected chi connectivity index (χ1v) is 6.43. The minimum atomic E-state index is -0.339. The fourth-order valence-corrected chi connectivity index (χ4v) is 2.04. The third-order valence-corrected chi connectivity index (χ3v) is 3.14. The van der Waals surface area contributed by atoms with Gasteiger partial charge < -0.3 is 15.0 Å². The van der Waals surface area contributed by atoms with Crippen molar-refractivity contribution in [2.75, 3.05) is 26.5 Å². The summed E-state index contributed by atoms with van der Waals surface area (Å²) in [6.45, 7) is 1.82. The lowest BCUT2D eigenvalue weighted by molar-refractivity contribution is -0.129. The zero-order chi connectivity index (χ0) is 14.7. The number of carbonyl (C=O) groups is 1. The molecule has 106 valence electrons. The van der Waals surface area contributed by atoms with E-state index in [1.54, 1.807) is 32.3 Å². The molecule has 0 spiro atoms. The van der Waals surface area contributed by atoms with Crippen LogP contribution in [0.4, 0.5) is 5.82 Å². The van der Waals surface area contributed by atoms with Crippen molar-refractivity contribution in [1.29, 1.82) is 0 Å². The molecule has 0 aliphatic rings. The molecule has 2 rings (SSSR count). The Morgan fingerprint density at radius 2 is 2.10 bits per heavy atom. The molecule has 1 atom stereocenters. The van der Waals surface area contributed by atoms with E-state index < -0.39 is 0 Å². The van der Waals surface area contributed by atoms with E-state index >= 15 is 0 Å². The second-order valence-electron chi connectivity index (χ2n) is 4.85. The Morgan fingerprint density at radius 3 is 2.75 bits per heavy atom. The van der Waals surface area contributed by atoms with E-state index in [0.717, 1.165) is 16.5 Å². The number of anilines is 1. The number of nitrogens with one attached hydrogen (secondary N) is 1. The summed E-state index contributed by atoms with van der Waals surface area (Å²) >= 11 is 0. The van der Waals surface area contributed by atoms with Gasteiger partial charge in [-0.1, -0.05) is 6.07 Å². The van der Waals surface area contributed by atoms with Crippen LogP contribution in [-0.4, -0.2) is 43.0 Å². The molecule has 20 heavy (non-hydrogen) atoms. The number of likely N-dealkylation sites (N-methyl/N-ethyl adjacent to an activating group) is 1. The van der Waals surface area contributed by atoms with Crippen LogP contribution in [0.25, 0.3) is 10.8 Å². The van der Waals surface area contributed by atoms with Crippen LogP contribution in [0.2, 0.25) is 0 Å². The molecule has 1 amide bonds. The van der Waals surface area contributed by atoms with Gasteiger partial charge in [0.1, 0.15) is 17.6 Å². The Bertz CT molecular complexity index is 626. The molecule has 0 aliphatic heterocycles. The van der Waals surface area contributed by atoms with Crippen LogP contribution >= 0.6 is 0 Å². The van der Waals surface area contributed by atoms with Gasteiger partial charge in [0.2, 0.25) is 5.91 Å². The van der Waals surface area contributed by atoms with Gasteiger partial charge in [0.15, 0.2) is 0 Å². The maximum Gasteiger partial charge on any atom is 0.244 e. The highest BCUT2D eigenvalue weighted by molar-refractivity contribution is 5.94. The van der Waals surface area contributed by atoms with Crippen LogP contribution in [0.5, 0.6) is 5.75 Å². The topological polar surface area (TPSA) is 54.5 Å². The highest BCUT2D eigenvalue weighted by Crippen LogP contribution is 2.26. The van der Waals surface area contributed by atoms with Crippen molar-refractivity contribution in [2.24, 2.45) is 0 Å². The van der Waals surface area contributed by atoms with Crippen molar-refractivity contribution >= 4 is 22.5 Å². The van der Waals surface area contributed by atoms with Gasteiger partial charge >= 0.3 is 0 Å². The number of hydrogen-bond donors (Lipinski definition) is 1. The minimum absolute atomic E-state index is 0.00620. The Balaban J connectivity index is 2.36. The van der Waals surface area contributed by atoms with Crippen molar-refractivity contribution < 1.29 is 9.53 Å². The van der Waals surface area contributed by atoms with Crippen molar-refractivity contribution in [3.63, 3.8) is 0 Å². The summed E-state index contributed by atoms with van der Waals surface area (Å²) in [7, 11) is 5.10. The normalized spacial score (nSPS) is 12.0. The third-order valence-electron chi connectivity index (χ3n) is 3.14. The molecule has 0 bridgehead atoms. The third kappa shape index (κ3) is 2.82. The van der Waals surface area contributed by atoms with Gasteiger partial charge in [0.25, 0.3) is 0 Å². The summed E-state index contributed by atoms with van der Waals surface area (Å²) in [4.78, 5) is 17.8. The van der Waals surface area contributed by atoms with Crippen LogP contribution in [0.3, 0.4) is 0 Å². The van der Waals surface area contributed by atoms with E-state index in [-0.39, 0.29) is 11.9 Å². The lowest BCUT2D eigenvalue weighted by Gasteiger charge is -2.19. The van der Waals surface area contributed by atoms with E-state index in [1.807, 2.05) is 31.2 Å². The number of fused-ring (bicyclic) bond motifs is 1. The second kappa shape index (κ2) is 5.77. The minimum Gasteiger partial charge on any atom is -0.497 e. The molecular formula is C15H19N3O2. The molecule has 5 heteroatoms. The van der Waals surface area contributed by atoms with Crippen LogP contribution in [0.15, 0.2) is 30.5 Å². The van der Waals surface area contributed by atoms with E-state index in [2.05, 4.69) is 10.3 Å². The molecule has 1 aromatic heterocycles. The van der Waals surface area contributed by atoms with Crippen molar-refractivity contribution in [2.45, 2.75) is 13.0 Å². The van der Waals surface area contributed by atoms with Crippen molar-refractivity contribution in [3.05, 3.63) is 30.5 Å². The molecule has 1 heterocycles. The number of benzene rings is 1. The van der Waals surface area contributed by atoms with Gasteiger partial charge in [-0.25, -0.2) is 4.98 Å². The largest absolute Gasteiger partial charge is 0.497 e. The Kier molecular flexibility index (Phi) is 4.08. The van der Waals surface area contributed by atoms with Gasteiger partial charge in [-0.15, -0.1) is 0 Å². The Labute approximate surface area is 118 Å². The average Bonchev–Trinajstić information content (AvgIpc) is 2.46. The molecule has 0 saturated carbocycles. The molecule has 0 aliphatic carbocycles. The second-order valence-corrected chi connectivity index (χ2v) is 4.85. The molecular weight excluding hydrogens is 254 g/mol. The van der Waals surface area contributed by atoms with Gasteiger partial charge in [-0.2, -0.15) is 0 Å². The average molecular weight is 273 g/mol. The zero-order valence-electron chi connectivity index (χ0n) is 12.2. The van der Waals surface area contributed by atoms with E-state index in [4.69, 9.17) is 4.74 Å².